The Kier molecular flexibility index (Phi) is 3.75. The topological polar surface area (TPSA) is 78.0 Å². The van der Waals surface area contributed by atoms with E-state index < -0.39 is 10.0 Å². The third-order valence-corrected chi connectivity index (χ3v) is 7.06. The molecule has 0 amide bonds. The van der Waals surface area contributed by atoms with Crippen LogP contribution < -0.4 is 0 Å². The normalized spacial score (nSPS) is 12.1. The van der Waals surface area contributed by atoms with Crippen LogP contribution in [-0.2, 0) is 10.0 Å². The van der Waals surface area contributed by atoms with E-state index in [0.717, 1.165) is 5.39 Å². The van der Waals surface area contributed by atoms with Crippen LogP contribution in [0, 0.1) is 0 Å². The summed E-state index contributed by atoms with van der Waals surface area (Å²) < 4.78 is 34.7. The van der Waals surface area contributed by atoms with Crippen LogP contribution in [0.2, 0.25) is 0 Å². The second-order valence-corrected chi connectivity index (χ2v) is 8.92. The van der Waals surface area contributed by atoms with E-state index in [-0.39, 0.29) is 4.90 Å². The molecule has 0 aliphatic heterocycles. The van der Waals surface area contributed by atoms with Crippen molar-refractivity contribution in [2.24, 2.45) is 0 Å². The van der Waals surface area contributed by atoms with Gasteiger partial charge in [-0.2, -0.15) is 0 Å². The molecule has 0 atom stereocenters. The molecule has 0 radical (unpaired) electrons. The summed E-state index contributed by atoms with van der Waals surface area (Å²) in [6.07, 6.45) is 3.18. The van der Waals surface area contributed by atoms with Crippen molar-refractivity contribution in [3.8, 4) is 11.5 Å². The molecule has 7 heteroatoms. The first-order chi connectivity index (χ1) is 15.2. The van der Waals surface area contributed by atoms with Gasteiger partial charge in [-0.3, -0.25) is 0 Å². The first-order valence-corrected chi connectivity index (χ1v) is 11.1. The van der Waals surface area contributed by atoms with E-state index in [9.17, 15) is 8.42 Å². The highest BCUT2D eigenvalue weighted by atomic mass is 32.2. The molecule has 150 valence electrons. The van der Waals surface area contributed by atoms with E-state index in [0.29, 0.717) is 38.9 Å². The van der Waals surface area contributed by atoms with E-state index in [1.807, 2.05) is 36.4 Å². The molecule has 6 nitrogen and oxygen atoms in total. The van der Waals surface area contributed by atoms with E-state index >= 15 is 0 Å². The largest absolute Gasteiger partial charge is 0.463 e. The van der Waals surface area contributed by atoms with Crippen molar-refractivity contribution >= 4 is 42.9 Å². The van der Waals surface area contributed by atoms with Crippen LogP contribution in [-0.4, -0.2) is 22.4 Å². The molecule has 0 unspecified atom stereocenters. The molecule has 6 rings (SSSR count). The van der Waals surface area contributed by atoms with Gasteiger partial charge in [0.1, 0.15) is 5.69 Å². The SMILES string of the molecule is O=S(=O)(c1ccccc1)n1c2ncccc2c2c(-c3ccco3)nc3ccccc3c21. The molecule has 4 heterocycles. The van der Waals surface area contributed by atoms with Crippen molar-refractivity contribution < 1.29 is 12.8 Å². The van der Waals surface area contributed by atoms with Crippen LogP contribution in [0.1, 0.15) is 0 Å². The summed E-state index contributed by atoms with van der Waals surface area (Å²) in [5.41, 5.74) is 2.15. The summed E-state index contributed by atoms with van der Waals surface area (Å²) in [6.45, 7) is 0. The lowest BCUT2D eigenvalue weighted by atomic mass is 10.1. The lowest BCUT2D eigenvalue weighted by Crippen LogP contribution is -2.13. The van der Waals surface area contributed by atoms with Gasteiger partial charge >= 0.3 is 0 Å². The molecule has 0 aliphatic rings. The molecule has 0 N–H and O–H groups in total. The van der Waals surface area contributed by atoms with Crippen LogP contribution in [0.25, 0.3) is 44.3 Å². The number of furan rings is 1. The predicted octanol–water partition coefficient (Wildman–Crippen LogP) is 5.23. The smallest absolute Gasteiger partial charge is 0.269 e. The van der Waals surface area contributed by atoms with Crippen molar-refractivity contribution in [3.05, 3.63) is 91.3 Å². The Balaban J connectivity index is 1.90. The zero-order chi connectivity index (χ0) is 21.0. The minimum atomic E-state index is -3.93. The molecule has 31 heavy (non-hydrogen) atoms. The molecule has 0 fully saturated rings. The fraction of sp³-hybridized carbons (Fsp3) is 0. The number of aromatic nitrogens is 3. The first kappa shape index (κ1) is 17.9. The van der Waals surface area contributed by atoms with Crippen molar-refractivity contribution in [3.63, 3.8) is 0 Å². The number of para-hydroxylation sites is 1. The number of hydrogen-bond acceptors (Lipinski definition) is 5. The highest BCUT2D eigenvalue weighted by Crippen LogP contribution is 2.40. The van der Waals surface area contributed by atoms with Crippen LogP contribution in [0.15, 0.2) is 101 Å². The van der Waals surface area contributed by atoms with E-state index in [1.165, 1.54) is 3.97 Å². The number of hydrogen-bond donors (Lipinski definition) is 0. The van der Waals surface area contributed by atoms with Gasteiger partial charge in [0.05, 0.1) is 22.2 Å². The average molecular weight is 425 g/mol. The molecule has 0 aliphatic carbocycles. The molecule has 4 aromatic heterocycles. The summed E-state index contributed by atoms with van der Waals surface area (Å²) >= 11 is 0. The number of rotatable bonds is 3. The van der Waals surface area contributed by atoms with Gasteiger partial charge in [0, 0.05) is 22.4 Å². The Morgan fingerprint density at radius 2 is 1.58 bits per heavy atom. The van der Waals surface area contributed by atoms with Gasteiger partial charge < -0.3 is 4.42 Å². The van der Waals surface area contributed by atoms with Crippen molar-refractivity contribution in [1.82, 2.24) is 13.9 Å². The van der Waals surface area contributed by atoms with Crippen molar-refractivity contribution in [2.45, 2.75) is 4.90 Å². The number of pyridine rings is 2. The Morgan fingerprint density at radius 1 is 0.806 bits per heavy atom. The number of nitrogens with zero attached hydrogens (tertiary/aromatic N) is 3. The summed E-state index contributed by atoms with van der Waals surface area (Å²) in [5, 5.41) is 2.11. The molecule has 2 aromatic carbocycles. The van der Waals surface area contributed by atoms with E-state index in [1.54, 1.807) is 54.9 Å². The zero-order valence-corrected chi connectivity index (χ0v) is 17.0. The highest BCUT2D eigenvalue weighted by molar-refractivity contribution is 7.90. The third-order valence-electron chi connectivity index (χ3n) is 5.35. The number of benzene rings is 2. The van der Waals surface area contributed by atoms with Gasteiger partial charge in [-0.1, -0.05) is 36.4 Å². The predicted molar refractivity (Wildman–Crippen MR) is 119 cm³/mol. The van der Waals surface area contributed by atoms with Gasteiger partial charge in [0.15, 0.2) is 11.4 Å². The van der Waals surface area contributed by atoms with Crippen LogP contribution in [0.4, 0.5) is 0 Å². The van der Waals surface area contributed by atoms with Crippen molar-refractivity contribution in [1.29, 1.82) is 0 Å². The van der Waals surface area contributed by atoms with Crippen LogP contribution in [0.5, 0.6) is 0 Å². The van der Waals surface area contributed by atoms with Gasteiger partial charge in [0.25, 0.3) is 10.0 Å². The van der Waals surface area contributed by atoms with Crippen molar-refractivity contribution in [2.75, 3.05) is 0 Å². The van der Waals surface area contributed by atoms with Gasteiger partial charge in [-0.15, -0.1) is 0 Å². The Morgan fingerprint density at radius 3 is 2.39 bits per heavy atom. The molecular formula is C24H15N3O3S. The maximum Gasteiger partial charge on any atom is 0.269 e. The molecule has 0 saturated heterocycles. The molecule has 6 aromatic rings. The molecule has 0 bridgehead atoms. The quantitative estimate of drug-likeness (QED) is 0.388. The monoisotopic (exact) mass is 425 g/mol. The Labute approximate surface area is 177 Å². The summed E-state index contributed by atoms with van der Waals surface area (Å²) in [6, 6.07) is 23.2. The van der Waals surface area contributed by atoms with Gasteiger partial charge in [0.2, 0.25) is 0 Å². The lowest BCUT2D eigenvalue weighted by molar-refractivity contribution is 0.581. The van der Waals surface area contributed by atoms with Crippen LogP contribution >= 0.6 is 0 Å². The molecule has 0 saturated carbocycles. The minimum Gasteiger partial charge on any atom is -0.463 e. The second kappa shape index (κ2) is 6.52. The van der Waals surface area contributed by atoms with Crippen LogP contribution in [0.3, 0.4) is 0 Å². The standard InChI is InChI=1S/C24H15N3O3S/c28-31(29,16-8-2-1-3-9-16)27-23-17-10-4-5-12-19(17)26-22(20-13-7-15-30-20)21(23)18-11-6-14-25-24(18)27/h1-15H. The van der Waals surface area contributed by atoms with Gasteiger partial charge in [-0.25, -0.2) is 22.4 Å². The molecule has 0 spiro atoms. The lowest BCUT2D eigenvalue weighted by Gasteiger charge is -2.11. The minimum absolute atomic E-state index is 0.194. The maximum atomic E-state index is 13.8. The number of fused-ring (bicyclic) bond motifs is 5. The third kappa shape index (κ3) is 2.53. The highest BCUT2D eigenvalue weighted by Gasteiger charge is 2.28. The first-order valence-electron chi connectivity index (χ1n) is 9.68. The Bertz CT molecular complexity index is 1690. The fourth-order valence-electron chi connectivity index (χ4n) is 4.04. The fourth-order valence-corrected chi connectivity index (χ4v) is 5.56. The maximum absolute atomic E-state index is 13.8. The van der Waals surface area contributed by atoms with E-state index in [2.05, 4.69) is 4.98 Å². The summed E-state index contributed by atoms with van der Waals surface area (Å²) in [4.78, 5) is 9.49. The Hall–Kier alpha value is -3.97. The van der Waals surface area contributed by atoms with E-state index in [4.69, 9.17) is 9.40 Å². The molecular weight excluding hydrogens is 410 g/mol. The second-order valence-electron chi connectivity index (χ2n) is 7.14. The zero-order valence-electron chi connectivity index (χ0n) is 16.1. The van der Waals surface area contributed by atoms with Gasteiger partial charge in [-0.05, 0) is 42.5 Å². The average Bonchev–Trinajstić information content (AvgIpc) is 3.46. The summed E-state index contributed by atoms with van der Waals surface area (Å²) in [7, 11) is -3.93. The summed E-state index contributed by atoms with van der Waals surface area (Å²) in [5.74, 6) is 0.566.